The van der Waals surface area contributed by atoms with Crippen LogP contribution in [0.5, 0.6) is 0 Å². The molecule has 0 amide bonds. The van der Waals surface area contributed by atoms with Crippen LogP contribution >= 0.6 is 0 Å². The molecule has 4 heteroatoms. The summed E-state index contributed by atoms with van der Waals surface area (Å²) >= 11 is 0. The number of ether oxygens (including phenoxy) is 1. The zero-order valence-electron chi connectivity index (χ0n) is 9.95. The fourth-order valence-electron chi connectivity index (χ4n) is 1.41. The minimum absolute atomic E-state index is 0.183. The number of aliphatic carboxylic acids is 1. The summed E-state index contributed by atoms with van der Waals surface area (Å²) in [5.41, 5.74) is 0. The Morgan fingerprint density at radius 2 is 2.13 bits per heavy atom. The average Bonchev–Trinajstić information content (AvgIpc) is 2.20. The van der Waals surface area contributed by atoms with Crippen molar-refractivity contribution in [2.75, 3.05) is 13.7 Å². The van der Waals surface area contributed by atoms with E-state index in [9.17, 15) is 4.79 Å². The first-order chi connectivity index (χ1) is 7.11. The van der Waals surface area contributed by atoms with Gasteiger partial charge in [-0.2, -0.15) is 0 Å². The van der Waals surface area contributed by atoms with E-state index < -0.39 is 12.0 Å². The van der Waals surface area contributed by atoms with Crippen LogP contribution in [-0.4, -0.2) is 36.9 Å². The van der Waals surface area contributed by atoms with Crippen molar-refractivity contribution in [3.63, 3.8) is 0 Å². The topological polar surface area (TPSA) is 58.6 Å². The van der Waals surface area contributed by atoms with Gasteiger partial charge < -0.3 is 15.2 Å². The molecule has 4 nitrogen and oxygen atoms in total. The molecule has 0 saturated carbocycles. The van der Waals surface area contributed by atoms with Crippen LogP contribution in [0, 0.1) is 0 Å². The molecule has 0 aromatic rings. The second-order valence-electron chi connectivity index (χ2n) is 3.88. The number of unbranched alkanes of at least 4 members (excludes halogenated alkanes) is 1. The Morgan fingerprint density at radius 1 is 1.47 bits per heavy atom. The molecule has 0 aromatic carbocycles. The Kier molecular flexibility index (Phi) is 8.33. The van der Waals surface area contributed by atoms with Crippen molar-refractivity contribution < 1.29 is 14.6 Å². The lowest BCUT2D eigenvalue weighted by Gasteiger charge is -2.19. The first-order valence-electron chi connectivity index (χ1n) is 5.59. The van der Waals surface area contributed by atoms with Gasteiger partial charge in [0.2, 0.25) is 0 Å². The van der Waals surface area contributed by atoms with Crippen LogP contribution in [0.4, 0.5) is 0 Å². The summed E-state index contributed by atoms with van der Waals surface area (Å²) in [6.07, 6.45) is 3.51. The lowest BCUT2D eigenvalue weighted by atomic mass is 10.1. The van der Waals surface area contributed by atoms with Crippen LogP contribution in [0.15, 0.2) is 0 Å². The molecular formula is C11H23NO3. The van der Waals surface area contributed by atoms with Crippen LogP contribution in [-0.2, 0) is 9.53 Å². The summed E-state index contributed by atoms with van der Waals surface area (Å²) in [5.74, 6) is -0.757. The highest BCUT2D eigenvalue weighted by atomic mass is 16.5. The fourth-order valence-corrected chi connectivity index (χ4v) is 1.41. The largest absolute Gasteiger partial charge is 0.480 e. The van der Waals surface area contributed by atoms with Crippen LogP contribution < -0.4 is 5.32 Å². The summed E-state index contributed by atoms with van der Waals surface area (Å²) < 4.78 is 4.95. The summed E-state index contributed by atoms with van der Waals surface area (Å²) in [7, 11) is 1.65. The Hall–Kier alpha value is -0.610. The molecule has 15 heavy (non-hydrogen) atoms. The Morgan fingerprint density at radius 3 is 2.60 bits per heavy atom. The molecule has 0 heterocycles. The van der Waals surface area contributed by atoms with Gasteiger partial charge in [0.1, 0.15) is 6.04 Å². The van der Waals surface area contributed by atoms with Crippen molar-refractivity contribution >= 4 is 5.97 Å². The molecule has 2 N–H and O–H groups in total. The highest BCUT2D eigenvalue weighted by Gasteiger charge is 2.18. The van der Waals surface area contributed by atoms with E-state index in [1.165, 1.54) is 0 Å². The normalized spacial score (nSPS) is 14.9. The fraction of sp³-hybridized carbons (Fsp3) is 0.909. The number of rotatable bonds is 9. The van der Waals surface area contributed by atoms with Gasteiger partial charge in [-0.05, 0) is 19.8 Å². The molecule has 0 radical (unpaired) electrons. The standard InChI is InChI=1S/C11H23NO3/c1-4-5-6-10(11(13)14)12-9(2)7-8-15-3/h9-10,12H,4-8H2,1-3H3,(H,13,14). The SMILES string of the molecule is CCCCC(NC(C)CCOC)C(=O)O. The Balaban J connectivity index is 3.87. The van der Waals surface area contributed by atoms with E-state index in [-0.39, 0.29) is 6.04 Å². The van der Waals surface area contributed by atoms with Gasteiger partial charge in [-0.15, -0.1) is 0 Å². The van der Waals surface area contributed by atoms with Gasteiger partial charge in [0.25, 0.3) is 0 Å². The first kappa shape index (κ1) is 14.4. The van der Waals surface area contributed by atoms with E-state index in [2.05, 4.69) is 12.2 Å². The van der Waals surface area contributed by atoms with Crippen LogP contribution in [0.3, 0.4) is 0 Å². The van der Waals surface area contributed by atoms with Gasteiger partial charge in [-0.1, -0.05) is 19.8 Å². The van der Waals surface area contributed by atoms with Crippen molar-refractivity contribution in [1.82, 2.24) is 5.32 Å². The summed E-state index contributed by atoms with van der Waals surface area (Å²) in [6, 6.07) is -0.236. The molecule has 90 valence electrons. The molecule has 0 spiro atoms. The molecule has 2 atom stereocenters. The predicted molar refractivity (Wildman–Crippen MR) is 60.0 cm³/mol. The van der Waals surface area contributed by atoms with Crippen molar-refractivity contribution in [2.24, 2.45) is 0 Å². The molecule has 0 fully saturated rings. The lowest BCUT2D eigenvalue weighted by Crippen LogP contribution is -2.42. The van der Waals surface area contributed by atoms with Gasteiger partial charge >= 0.3 is 5.97 Å². The average molecular weight is 217 g/mol. The molecule has 0 aliphatic carbocycles. The van der Waals surface area contributed by atoms with Crippen LogP contribution in [0.25, 0.3) is 0 Å². The number of carboxylic acid groups (broad SMARTS) is 1. The Bertz CT molecular complexity index is 173. The lowest BCUT2D eigenvalue weighted by molar-refractivity contribution is -0.139. The molecule has 0 aromatic heterocycles. The zero-order valence-corrected chi connectivity index (χ0v) is 9.95. The third kappa shape index (κ3) is 7.33. The van der Waals surface area contributed by atoms with E-state index in [1.807, 2.05) is 6.92 Å². The van der Waals surface area contributed by atoms with Gasteiger partial charge in [-0.3, -0.25) is 4.79 Å². The second kappa shape index (κ2) is 8.68. The van der Waals surface area contributed by atoms with Crippen molar-refractivity contribution in [3.05, 3.63) is 0 Å². The first-order valence-corrected chi connectivity index (χ1v) is 5.59. The zero-order chi connectivity index (χ0) is 11.7. The summed E-state index contributed by atoms with van der Waals surface area (Å²) in [6.45, 7) is 4.71. The molecule has 0 aliphatic rings. The van der Waals surface area contributed by atoms with Gasteiger partial charge in [0.15, 0.2) is 0 Å². The molecule has 0 saturated heterocycles. The maximum atomic E-state index is 10.9. The number of methoxy groups -OCH3 is 1. The minimum atomic E-state index is -0.757. The summed E-state index contributed by atoms with van der Waals surface area (Å²) in [4.78, 5) is 10.9. The highest BCUT2D eigenvalue weighted by Crippen LogP contribution is 2.03. The van der Waals surface area contributed by atoms with Gasteiger partial charge in [0.05, 0.1) is 0 Å². The van der Waals surface area contributed by atoms with Gasteiger partial charge in [0, 0.05) is 19.8 Å². The maximum Gasteiger partial charge on any atom is 0.320 e. The smallest absolute Gasteiger partial charge is 0.320 e. The van der Waals surface area contributed by atoms with Crippen molar-refractivity contribution in [3.8, 4) is 0 Å². The molecular weight excluding hydrogens is 194 g/mol. The molecule has 0 aliphatic heterocycles. The number of hydrogen-bond acceptors (Lipinski definition) is 3. The van der Waals surface area contributed by atoms with Gasteiger partial charge in [-0.25, -0.2) is 0 Å². The predicted octanol–water partition coefficient (Wildman–Crippen LogP) is 1.64. The van der Waals surface area contributed by atoms with Crippen molar-refractivity contribution in [2.45, 2.75) is 51.6 Å². The number of carboxylic acids is 1. The summed E-state index contributed by atoms with van der Waals surface area (Å²) in [5, 5.41) is 12.1. The van der Waals surface area contributed by atoms with E-state index in [1.54, 1.807) is 7.11 Å². The monoisotopic (exact) mass is 217 g/mol. The van der Waals surface area contributed by atoms with Crippen LogP contribution in [0.1, 0.15) is 39.5 Å². The molecule has 0 bridgehead atoms. The maximum absolute atomic E-state index is 10.9. The number of nitrogens with one attached hydrogen (secondary N) is 1. The van der Waals surface area contributed by atoms with E-state index in [0.29, 0.717) is 13.0 Å². The second-order valence-corrected chi connectivity index (χ2v) is 3.88. The van der Waals surface area contributed by atoms with E-state index in [4.69, 9.17) is 9.84 Å². The quantitative estimate of drug-likeness (QED) is 0.616. The van der Waals surface area contributed by atoms with Crippen LogP contribution in [0.2, 0.25) is 0 Å². The van der Waals surface area contributed by atoms with E-state index >= 15 is 0 Å². The third-order valence-electron chi connectivity index (χ3n) is 2.39. The van der Waals surface area contributed by atoms with Crippen molar-refractivity contribution in [1.29, 1.82) is 0 Å². The molecule has 2 unspecified atom stereocenters. The Labute approximate surface area is 92.0 Å². The number of carbonyl (C=O) groups is 1. The third-order valence-corrected chi connectivity index (χ3v) is 2.39. The van der Waals surface area contributed by atoms with E-state index in [0.717, 1.165) is 19.3 Å². The minimum Gasteiger partial charge on any atom is -0.480 e. The number of hydrogen-bond donors (Lipinski definition) is 2. The highest BCUT2D eigenvalue weighted by molar-refractivity contribution is 5.73. The molecule has 0 rings (SSSR count).